The van der Waals surface area contributed by atoms with E-state index in [2.05, 4.69) is 0 Å². The van der Waals surface area contributed by atoms with Crippen LogP contribution in [0.3, 0.4) is 0 Å². The Morgan fingerprint density at radius 1 is 1.42 bits per heavy atom. The quantitative estimate of drug-likeness (QED) is 0.787. The van der Waals surface area contributed by atoms with E-state index in [1.54, 1.807) is 19.1 Å². The van der Waals surface area contributed by atoms with Crippen molar-refractivity contribution in [1.29, 1.82) is 5.26 Å². The minimum Gasteiger partial charge on any atom is -0.268 e. The van der Waals surface area contributed by atoms with Gasteiger partial charge >= 0.3 is 0 Å². The molecule has 1 amide bonds. The predicted octanol–water partition coefficient (Wildman–Crippen LogP) is 1.69. The van der Waals surface area contributed by atoms with Crippen molar-refractivity contribution in [3.63, 3.8) is 0 Å². The number of hydrogen-bond donors (Lipinski definition) is 0. The van der Waals surface area contributed by atoms with Gasteiger partial charge in [0, 0.05) is 12.6 Å². The first kappa shape index (κ1) is 13.3. The second-order valence-electron chi connectivity index (χ2n) is 4.25. The minimum atomic E-state index is -3.73. The van der Waals surface area contributed by atoms with Crippen LogP contribution in [-0.4, -0.2) is 25.2 Å². The summed E-state index contributed by atoms with van der Waals surface area (Å²) in [5.41, 5.74) is 0.950. The second-order valence-corrected chi connectivity index (χ2v) is 6.08. The highest BCUT2D eigenvalue weighted by molar-refractivity contribution is 7.90. The van der Waals surface area contributed by atoms with E-state index in [0.717, 1.165) is 9.88 Å². The van der Waals surface area contributed by atoms with Gasteiger partial charge in [-0.1, -0.05) is 17.7 Å². The molecule has 1 aliphatic heterocycles. The van der Waals surface area contributed by atoms with Crippen LogP contribution in [0.15, 0.2) is 40.8 Å². The summed E-state index contributed by atoms with van der Waals surface area (Å²) >= 11 is 0. The molecule has 0 fully saturated rings. The number of rotatable bonds is 3. The van der Waals surface area contributed by atoms with E-state index < -0.39 is 15.9 Å². The number of carbonyl (C=O) groups is 1. The smallest absolute Gasteiger partial charge is 0.268 e. The van der Waals surface area contributed by atoms with Gasteiger partial charge in [0.05, 0.1) is 11.6 Å². The van der Waals surface area contributed by atoms with Crippen molar-refractivity contribution in [3.05, 3.63) is 41.5 Å². The van der Waals surface area contributed by atoms with Crippen molar-refractivity contribution in [1.82, 2.24) is 4.31 Å². The van der Waals surface area contributed by atoms with Gasteiger partial charge in [-0.25, -0.2) is 12.7 Å². The zero-order valence-electron chi connectivity index (χ0n) is 10.3. The lowest BCUT2D eigenvalue weighted by molar-refractivity contribution is 0.0872. The minimum absolute atomic E-state index is 0.0554. The fraction of sp³-hybridized carbons (Fsp3) is 0.231. The molecule has 0 unspecified atom stereocenters. The first-order chi connectivity index (χ1) is 8.98. The van der Waals surface area contributed by atoms with Crippen LogP contribution in [0.2, 0.25) is 0 Å². The Morgan fingerprint density at radius 2 is 2.11 bits per heavy atom. The molecule has 1 aromatic carbocycles. The van der Waals surface area contributed by atoms with E-state index in [4.69, 9.17) is 5.26 Å². The summed E-state index contributed by atoms with van der Waals surface area (Å²) in [5.74, 6) is -0.500. The van der Waals surface area contributed by atoms with Gasteiger partial charge in [0.25, 0.3) is 15.9 Å². The molecule has 6 heteroatoms. The number of nitriles is 1. The molecule has 5 nitrogen and oxygen atoms in total. The van der Waals surface area contributed by atoms with Gasteiger partial charge in [-0.3, -0.25) is 4.79 Å². The van der Waals surface area contributed by atoms with Crippen LogP contribution in [0.5, 0.6) is 0 Å². The van der Waals surface area contributed by atoms with Gasteiger partial charge in [-0.15, -0.1) is 0 Å². The standard InChI is InChI=1S/C13H12N2O3S/c1-10(6-8-14)7-9-15-13(16)11-4-2-3-5-12(11)19(15,17)18/h2-6H,7,9H2,1H3. The molecule has 0 radical (unpaired) electrons. The molecule has 0 atom stereocenters. The number of sulfonamides is 1. The number of benzene rings is 1. The summed E-state index contributed by atoms with van der Waals surface area (Å²) in [4.78, 5) is 12.1. The van der Waals surface area contributed by atoms with Crippen LogP contribution in [0.4, 0.5) is 0 Å². The molecule has 0 bridgehead atoms. The maximum atomic E-state index is 12.2. The van der Waals surface area contributed by atoms with Gasteiger partial charge in [0.2, 0.25) is 0 Å². The van der Waals surface area contributed by atoms with Crippen LogP contribution in [-0.2, 0) is 10.0 Å². The lowest BCUT2D eigenvalue weighted by atomic mass is 10.2. The van der Waals surface area contributed by atoms with Gasteiger partial charge in [0.15, 0.2) is 0 Å². The zero-order chi connectivity index (χ0) is 14.0. The maximum absolute atomic E-state index is 12.2. The fourth-order valence-corrected chi connectivity index (χ4v) is 3.48. The molecule has 0 aromatic heterocycles. The van der Waals surface area contributed by atoms with Gasteiger partial charge in [-0.05, 0) is 25.5 Å². The van der Waals surface area contributed by atoms with Gasteiger partial charge in [0.1, 0.15) is 4.90 Å². The second kappa shape index (κ2) is 4.86. The van der Waals surface area contributed by atoms with Crippen molar-refractivity contribution in [2.75, 3.05) is 6.54 Å². The normalized spacial score (nSPS) is 17.2. The SMILES string of the molecule is CC(=CC#N)CCN1C(=O)c2ccccc2S1(=O)=O. The van der Waals surface area contributed by atoms with Crippen molar-refractivity contribution >= 4 is 15.9 Å². The van der Waals surface area contributed by atoms with Crippen LogP contribution >= 0.6 is 0 Å². The van der Waals surface area contributed by atoms with E-state index >= 15 is 0 Å². The Bertz CT molecular complexity index is 699. The first-order valence-corrected chi connectivity index (χ1v) is 7.14. The highest BCUT2D eigenvalue weighted by Crippen LogP contribution is 2.30. The molecule has 0 spiro atoms. The number of carbonyl (C=O) groups excluding carboxylic acids is 1. The average molecular weight is 276 g/mol. The summed E-state index contributed by atoms with van der Waals surface area (Å²) < 4.78 is 25.2. The number of nitrogens with zero attached hydrogens (tertiary/aromatic N) is 2. The lowest BCUT2D eigenvalue weighted by Crippen LogP contribution is -2.31. The molecule has 0 saturated carbocycles. The highest BCUT2D eigenvalue weighted by Gasteiger charge is 2.40. The predicted molar refractivity (Wildman–Crippen MR) is 68.7 cm³/mol. The third kappa shape index (κ3) is 2.25. The molecule has 2 rings (SSSR count). The Balaban J connectivity index is 2.29. The Hall–Kier alpha value is -2.13. The number of hydrogen-bond acceptors (Lipinski definition) is 4. The fourth-order valence-electron chi connectivity index (χ4n) is 1.91. The Labute approximate surface area is 111 Å². The van der Waals surface area contributed by atoms with E-state index in [1.807, 2.05) is 6.07 Å². The molecular weight excluding hydrogens is 264 g/mol. The largest absolute Gasteiger partial charge is 0.269 e. The molecule has 0 aliphatic carbocycles. The van der Waals surface area contributed by atoms with Crippen molar-refractivity contribution in [2.24, 2.45) is 0 Å². The van der Waals surface area contributed by atoms with Crippen LogP contribution < -0.4 is 0 Å². The molecule has 98 valence electrons. The highest BCUT2D eigenvalue weighted by atomic mass is 32.2. The third-order valence-corrected chi connectivity index (χ3v) is 4.77. The molecule has 0 N–H and O–H groups in total. The molecule has 19 heavy (non-hydrogen) atoms. The van der Waals surface area contributed by atoms with E-state index in [0.29, 0.717) is 6.42 Å². The number of allylic oxidation sites excluding steroid dienone is 1. The summed E-state index contributed by atoms with van der Waals surface area (Å²) in [5, 5.41) is 8.50. The summed E-state index contributed by atoms with van der Waals surface area (Å²) in [6, 6.07) is 8.04. The first-order valence-electron chi connectivity index (χ1n) is 5.70. The summed E-state index contributed by atoms with van der Waals surface area (Å²) in [7, 11) is -3.73. The van der Waals surface area contributed by atoms with Crippen molar-refractivity contribution < 1.29 is 13.2 Å². The molecule has 0 saturated heterocycles. The summed E-state index contributed by atoms with van der Waals surface area (Å²) in [6.07, 6.45) is 1.70. The number of fused-ring (bicyclic) bond motifs is 1. The Kier molecular flexibility index (Phi) is 3.40. The van der Waals surface area contributed by atoms with Crippen LogP contribution in [0, 0.1) is 11.3 Å². The topological polar surface area (TPSA) is 78.2 Å². The molecular formula is C13H12N2O3S. The monoisotopic (exact) mass is 276 g/mol. The van der Waals surface area contributed by atoms with Crippen LogP contribution in [0.25, 0.3) is 0 Å². The molecule has 1 aromatic rings. The van der Waals surface area contributed by atoms with E-state index in [1.165, 1.54) is 18.2 Å². The van der Waals surface area contributed by atoms with Crippen LogP contribution in [0.1, 0.15) is 23.7 Å². The van der Waals surface area contributed by atoms with Crippen molar-refractivity contribution in [2.45, 2.75) is 18.2 Å². The van der Waals surface area contributed by atoms with Gasteiger partial charge < -0.3 is 0 Å². The Morgan fingerprint density at radius 3 is 2.74 bits per heavy atom. The average Bonchev–Trinajstić information content (AvgIpc) is 2.57. The summed E-state index contributed by atoms with van der Waals surface area (Å²) in [6.45, 7) is 1.78. The molecule has 1 heterocycles. The van der Waals surface area contributed by atoms with Crippen molar-refractivity contribution in [3.8, 4) is 6.07 Å². The zero-order valence-corrected chi connectivity index (χ0v) is 11.1. The maximum Gasteiger partial charge on any atom is 0.269 e. The van der Waals surface area contributed by atoms with Gasteiger partial charge in [-0.2, -0.15) is 5.26 Å². The molecule has 1 aliphatic rings. The van der Waals surface area contributed by atoms with E-state index in [9.17, 15) is 13.2 Å². The number of amides is 1. The lowest BCUT2D eigenvalue weighted by Gasteiger charge is -2.14. The third-order valence-electron chi connectivity index (χ3n) is 2.93. The van der Waals surface area contributed by atoms with E-state index in [-0.39, 0.29) is 17.0 Å².